The average Bonchev–Trinajstić information content (AvgIpc) is 2.84. The van der Waals surface area contributed by atoms with Crippen molar-refractivity contribution in [2.24, 2.45) is 11.7 Å². The molecule has 0 radical (unpaired) electrons. The van der Waals surface area contributed by atoms with E-state index in [4.69, 9.17) is 10.5 Å². The predicted molar refractivity (Wildman–Crippen MR) is 69.4 cm³/mol. The van der Waals surface area contributed by atoms with Gasteiger partial charge in [0.05, 0.1) is 6.10 Å². The van der Waals surface area contributed by atoms with Crippen LogP contribution in [0.2, 0.25) is 0 Å². The Morgan fingerprint density at radius 2 is 2.50 bits per heavy atom. The Hall–Kier alpha value is -1.62. The van der Waals surface area contributed by atoms with Gasteiger partial charge in [0, 0.05) is 31.0 Å². The van der Waals surface area contributed by atoms with Crippen LogP contribution in [0.4, 0.5) is 5.69 Å². The molecular weight excluding hydrogens is 230 g/mol. The van der Waals surface area contributed by atoms with E-state index in [2.05, 4.69) is 17.2 Å². The van der Waals surface area contributed by atoms with E-state index < -0.39 is 5.91 Å². The highest BCUT2D eigenvalue weighted by Crippen LogP contribution is 2.23. The molecule has 1 amide bonds. The highest BCUT2D eigenvalue weighted by Gasteiger charge is 2.26. The number of rotatable bonds is 5. The summed E-state index contributed by atoms with van der Waals surface area (Å²) in [6.07, 6.45) is 4.05. The van der Waals surface area contributed by atoms with Gasteiger partial charge in [0.1, 0.15) is 5.69 Å². The number of hydrogen-bond donors (Lipinski definition) is 2. The maximum atomic E-state index is 11.0. The molecule has 1 aliphatic rings. The number of carbonyl (C=O) groups excluding carboxylic acids is 1. The van der Waals surface area contributed by atoms with E-state index >= 15 is 0 Å². The molecule has 3 N–H and O–H groups in total. The van der Waals surface area contributed by atoms with Crippen LogP contribution < -0.4 is 11.1 Å². The van der Waals surface area contributed by atoms with E-state index in [0.29, 0.717) is 12.0 Å². The molecule has 2 atom stereocenters. The predicted octanol–water partition coefficient (Wildman–Crippen LogP) is 1.41. The number of nitrogens with zero attached hydrogens (tertiary/aromatic N) is 1. The molecule has 0 bridgehead atoms. The standard InChI is InChI=1S/C13H19N3O2/c1-2-12-9(4-6-18-12)8-16-10-3-5-15-11(7-10)13(14)17/h3,5,7,9,12H,2,4,6,8H2,1H3,(H2,14,17)(H,15,16). The molecule has 1 aromatic rings. The Bertz CT molecular complexity index is 422. The molecule has 2 unspecified atom stereocenters. The van der Waals surface area contributed by atoms with E-state index in [1.165, 1.54) is 0 Å². The van der Waals surface area contributed by atoms with Gasteiger partial charge in [-0.15, -0.1) is 0 Å². The summed E-state index contributed by atoms with van der Waals surface area (Å²) in [5.74, 6) is 0.0227. The van der Waals surface area contributed by atoms with Gasteiger partial charge >= 0.3 is 0 Å². The molecule has 2 rings (SSSR count). The molecule has 5 nitrogen and oxygen atoms in total. The van der Waals surface area contributed by atoms with Gasteiger partial charge in [0.15, 0.2) is 0 Å². The monoisotopic (exact) mass is 249 g/mol. The first kappa shape index (κ1) is 12.8. The number of nitrogens with one attached hydrogen (secondary N) is 1. The summed E-state index contributed by atoms with van der Waals surface area (Å²) < 4.78 is 5.64. The van der Waals surface area contributed by atoms with E-state index in [1.54, 1.807) is 12.3 Å². The summed E-state index contributed by atoms with van der Waals surface area (Å²) in [5, 5.41) is 3.32. The fraction of sp³-hybridized carbons (Fsp3) is 0.538. The average molecular weight is 249 g/mol. The van der Waals surface area contributed by atoms with Gasteiger partial charge in [-0.3, -0.25) is 9.78 Å². The number of ether oxygens (including phenoxy) is 1. The zero-order valence-electron chi connectivity index (χ0n) is 10.6. The number of hydrogen-bond acceptors (Lipinski definition) is 4. The van der Waals surface area contributed by atoms with Crippen molar-refractivity contribution in [3.8, 4) is 0 Å². The van der Waals surface area contributed by atoms with Crippen molar-refractivity contribution < 1.29 is 9.53 Å². The van der Waals surface area contributed by atoms with Gasteiger partial charge < -0.3 is 15.8 Å². The molecule has 98 valence electrons. The van der Waals surface area contributed by atoms with Crippen LogP contribution in [0.15, 0.2) is 18.3 Å². The third-order valence-corrected chi connectivity index (χ3v) is 3.33. The zero-order valence-corrected chi connectivity index (χ0v) is 10.6. The number of aromatic nitrogens is 1. The Morgan fingerprint density at radius 1 is 1.67 bits per heavy atom. The van der Waals surface area contributed by atoms with Crippen molar-refractivity contribution in [1.82, 2.24) is 4.98 Å². The van der Waals surface area contributed by atoms with Crippen molar-refractivity contribution in [3.63, 3.8) is 0 Å². The Balaban J connectivity index is 1.93. The summed E-state index contributed by atoms with van der Waals surface area (Å²) in [4.78, 5) is 14.9. The fourth-order valence-corrected chi connectivity index (χ4v) is 2.30. The topological polar surface area (TPSA) is 77.2 Å². The molecule has 2 heterocycles. The third-order valence-electron chi connectivity index (χ3n) is 3.33. The molecule has 1 aliphatic heterocycles. The lowest BCUT2D eigenvalue weighted by Gasteiger charge is -2.18. The largest absolute Gasteiger partial charge is 0.385 e. The van der Waals surface area contributed by atoms with Crippen LogP contribution in [0, 0.1) is 5.92 Å². The normalized spacial score (nSPS) is 22.9. The molecule has 1 saturated heterocycles. The third kappa shape index (κ3) is 2.98. The minimum absolute atomic E-state index is 0.287. The number of primary amides is 1. The lowest BCUT2D eigenvalue weighted by atomic mass is 9.99. The van der Waals surface area contributed by atoms with Gasteiger partial charge in [0.2, 0.25) is 0 Å². The minimum Gasteiger partial charge on any atom is -0.385 e. The van der Waals surface area contributed by atoms with Crippen LogP contribution >= 0.6 is 0 Å². The molecule has 0 spiro atoms. The number of pyridine rings is 1. The van der Waals surface area contributed by atoms with Crippen LogP contribution in [-0.2, 0) is 4.74 Å². The minimum atomic E-state index is -0.505. The van der Waals surface area contributed by atoms with Crippen LogP contribution in [0.5, 0.6) is 0 Å². The Morgan fingerprint density at radius 3 is 3.22 bits per heavy atom. The summed E-state index contributed by atoms with van der Waals surface area (Å²) >= 11 is 0. The van der Waals surface area contributed by atoms with Gasteiger partial charge in [-0.05, 0) is 25.0 Å². The van der Waals surface area contributed by atoms with Gasteiger partial charge in [-0.2, -0.15) is 0 Å². The van der Waals surface area contributed by atoms with Crippen molar-refractivity contribution in [2.75, 3.05) is 18.5 Å². The van der Waals surface area contributed by atoms with Crippen LogP contribution in [0.25, 0.3) is 0 Å². The molecule has 1 aromatic heterocycles. The summed E-state index contributed by atoms with van der Waals surface area (Å²) in [6.45, 7) is 3.83. The molecule has 0 saturated carbocycles. The highest BCUT2D eigenvalue weighted by atomic mass is 16.5. The zero-order chi connectivity index (χ0) is 13.0. The summed E-state index contributed by atoms with van der Waals surface area (Å²) in [6, 6.07) is 3.52. The lowest BCUT2D eigenvalue weighted by Crippen LogP contribution is -2.23. The number of amides is 1. The van der Waals surface area contributed by atoms with Crippen molar-refractivity contribution in [2.45, 2.75) is 25.9 Å². The quantitative estimate of drug-likeness (QED) is 0.827. The number of carbonyl (C=O) groups is 1. The van der Waals surface area contributed by atoms with Crippen LogP contribution in [-0.4, -0.2) is 30.1 Å². The van der Waals surface area contributed by atoms with Crippen LogP contribution in [0.1, 0.15) is 30.3 Å². The van der Waals surface area contributed by atoms with E-state index in [0.717, 1.165) is 31.7 Å². The Labute approximate surface area is 107 Å². The maximum absolute atomic E-state index is 11.0. The van der Waals surface area contributed by atoms with Crippen molar-refractivity contribution >= 4 is 11.6 Å². The van der Waals surface area contributed by atoms with Crippen molar-refractivity contribution in [3.05, 3.63) is 24.0 Å². The van der Waals surface area contributed by atoms with E-state index in [1.807, 2.05) is 6.07 Å². The summed E-state index contributed by atoms with van der Waals surface area (Å²) in [5.41, 5.74) is 6.36. The molecule has 1 fully saturated rings. The van der Waals surface area contributed by atoms with E-state index in [-0.39, 0.29) is 5.69 Å². The SMILES string of the molecule is CCC1OCCC1CNc1ccnc(C(N)=O)c1. The smallest absolute Gasteiger partial charge is 0.267 e. The van der Waals surface area contributed by atoms with Gasteiger partial charge in [-0.25, -0.2) is 0 Å². The molecule has 18 heavy (non-hydrogen) atoms. The first-order chi connectivity index (χ1) is 8.70. The summed E-state index contributed by atoms with van der Waals surface area (Å²) in [7, 11) is 0. The first-order valence-corrected chi connectivity index (χ1v) is 6.32. The second kappa shape index (κ2) is 5.82. The fourth-order valence-electron chi connectivity index (χ4n) is 2.30. The number of anilines is 1. The highest BCUT2D eigenvalue weighted by molar-refractivity contribution is 5.91. The lowest BCUT2D eigenvalue weighted by molar-refractivity contribution is 0.0900. The second-order valence-electron chi connectivity index (χ2n) is 4.54. The van der Waals surface area contributed by atoms with Crippen molar-refractivity contribution in [1.29, 1.82) is 0 Å². The second-order valence-corrected chi connectivity index (χ2v) is 4.54. The maximum Gasteiger partial charge on any atom is 0.267 e. The van der Waals surface area contributed by atoms with Crippen LogP contribution in [0.3, 0.4) is 0 Å². The number of nitrogens with two attached hydrogens (primary N) is 1. The molecule has 0 aliphatic carbocycles. The molecular formula is C13H19N3O2. The first-order valence-electron chi connectivity index (χ1n) is 6.32. The van der Waals surface area contributed by atoms with E-state index in [9.17, 15) is 4.79 Å². The van der Waals surface area contributed by atoms with Gasteiger partial charge in [-0.1, -0.05) is 6.92 Å². The van der Waals surface area contributed by atoms with Gasteiger partial charge in [0.25, 0.3) is 5.91 Å². The molecule has 5 heteroatoms. The Kier molecular flexibility index (Phi) is 4.15. The molecule has 0 aromatic carbocycles.